The van der Waals surface area contributed by atoms with Gasteiger partial charge in [-0.05, 0) is 24.5 Å². The molecular formula is C12H15FO. The number of hydrogen-bond acceptors (Lipinski definition) is 1. The van der Waals surface area contributed by atoms with Crippen LogP contribution >= 0.6 is 0 Å². The number of aryl methyl sites for hydroxylation is 1. The molecule has 1 aromatic rings. The van der Waals surface area contributed by atoms with Crippen molar-refractivity contribution in [1.82, 2.24) is 0 Å². The molecule has 1 rings (SSSR count). The van der Waals surface area contributed by atoms with Gasteiger partial charge < -0.3 is 4.79 Å². The summed E-state index contributed by atoms with van der Waals surface area (Å²) in [6, 6.07) is 7.71. The second kappa shape index (κ2) is 5.53. The summed E-state index contributed by atoms with van der Waals surface area (Å²) >= 11 is 0. The number of hydrogen-bond donors (Lipinski definition) is 0. The van der Waals surface area contributed by atoms with Gasteiger partial charge in [0.2, 0.25) is 0 Å². The Morgan fingerprint density at radius 1 is 1.36 bits per heavy atom. The quantitative estimate of drug-likeness (QED) is 0.659. The number of alkyl halides is 1. The van der Waals surface area contributed by atoms with Crippen LogP contribution in [0.1, 0.15) is 24.5 Å². The second-order valence-electron chi connectivity index (χ2n) is 3.46. The van der Waals surface area contributed by atoms with Gasteiger partial charge in [0.25, 0.3) is 0 Å². The molecule has 0 saturated carbocycles. The molecule has 0 spiro atoms. The lowest BCUT2D eigenvalue weighted by atomic mass is 9.99. The van der Waals surface area contributed by atoms with E-state index in [0.717, 1.165) is 17.4 Å². The maximum Gasteiger partial charge on any atom is 0.120 e. The Morgan fingerprint density at radius 3 is 2.57 bits per heavy atom. The van der Waals surface area contributed by atoms with Crippen LogP contribution in [0.15, 0.2) is 24.3 Å². The SMILES string of the molecule is CC(F)Cc1ccccc1CCC=O. The number of aldehydes is 1. The van der Waals surface area contributed by atoms with Gasteiger partial charge in [-0.25, -0.2) is 4.39 Å². The Hall–Kier alpha value is -1.18. The fraction of sp³-hybridized carbons (Fsp3) is 0.417. The number of rotatable bonds is 5. The first kappa shape index (κ1) is 10.9. The molecule has 2 heteroatoms. The summed E-state index contributed by atoms with van der Waals surface area (Å²) in [6.07, 6.45) is 1.74. The zero-order valence-electron chi connectivity index (χ0n) is 8.37. The Bertz CT molecular complexity index is 294. The molecule has 0 heterocycles. The first-order chi connectivity index (χ1) is 6.74. The van der Waals surface area contributed by atoms with E-state index in [-0.39, 0.29) is 0 Å². The largest absolute Gasteiger partial charge is 0.303 e. The summed E-state index contributed by atoms with van der Waals surface area (Å²) in [7, 11) is 0. The molecular weight excluding hydrogens is 179 g/mol. The van der Waals surface area contributed by atoms with Crippen LogP contribution in [0.25, 0.3) is 0 Å². The number of carbonyl (C=O) groups is 1. The maximum atomic E-state index is 12.8. The molecule has 0 N–H and O–H groups in total. The zero-order chi connectivity index (χ0) is 10.4. The van der Waals surface area contributed by atoms with Gasteiger partial charge in [-0.15, -0.1) is 0 Å². The molecule has 14 heavy (non-hydrogen) atoms. The molecule has 1 aromatic carbocycles. The van der Waals surface area contributed by atoms with Crippen molar-refractivity contribution in [2.45, 2.75) is 32.4 Å². The summed E-state index contributed by atoms with van der Waals surface area (Å²) in [5.41, 5.74) is 2.11. The van der Waals surface area contributed by atoms with E-state index in [2.05, 4.69) is 0 Å². The summed E-state index contributed by atoms with van der Waals surface area (Å²) in [6.45, 7) is 1.55. The highest BCUT2D eigenvalue weighted by Gasteiger charge is 2.05. The van der Waals surface area contributed by atoms with Crippen LogP contribution in [0.4, 0.5) is 4.39 Å². The van der Waals surface area contributed by atoms with Gasteiger partial charge in [-0.3, -0.25) is 0 Å². The van der Waals surface area contributed by atoms with Crippen LogP contribution in [0.2, 0.25) is 0 Å². The van der Waals surface area contributed by atoms with Crippen molar-refractivity contribution in [2.24, 2.45) is 0 Å². The molecule has 0 aliphatic carbocycles. The monoisotopic (exact) mass is 194 g/mol. The predicted molar refractivity (Wildman–Crippen MR) is 55.1 cm³/mol. The molecule has 1 atom stereocenters. The van der Waals surface area contributed by atoms with Crippen LogP contribution < -0.4 is 0 Å². The number of halogens is 1. The van der Waals surface area contributed by atoms with Crippen molar-refractivity contribution in [1.29, 1.82) is 0 Å². The van der Waals surface area contributed by atoms with Crippen molar-refractivity contribution in [3.8, 4) is 0 Å². The average molecular weight is 194 g/mol. The molecule has 0 radical (unpaired) electrons. The highest BCUT2D eigenvalue weighted by molar-refractivity contribution is 5.50. The van der Waals surface area contributed by atoms with Gasteiger partial charge in [0.05, 0.1) is 0 Å². The minimum Gasteiger partial charge on any atom is -0.303 e. The van der Waals surface area contributed by atoms with Crippen LogP contribution in [0.3, 0.4) is 0 Å². The van der Waals surface area contributed by atoms with Gasteiger partial charge >= 0.3 is 0 Å². The van der Waals surface area contributed by atoms with E-state index in [1.165, 1.54) is 0 Å². The number of carbonyl (C=O) groups excluding carboxylic acids is 1. The summed E-state index contributed by atoms with van der Waals surface area (Å²) in [5, 5.41) is 0. The van der Waals surface area contributed by atoms with Crippen LogP contribution in [0.5, 0.6) is 0 Å². The van der Waals surface area contributed by atoms with Gasteiger partial charge in [-0.1, -0.05) is 24.3 Å². The van der Waals surface area contributed by atoms with Crippen molar-refractivity contribution >= 4 is 6.29 Å². The lowest BCUT2D eigenvalue weighted by molar-refractivity contribution is -0.107. The van der Waals surface area contributed by atoms with Crippen LogP contribution in [-0.2, 0) is 17.6 Å². The molecule has 1 unspecified atom stereocenters. The van der Waals surface area contributed by atoms with Crippen molar-refractivity contribution in [3.63, 3.8) is 0 Å². The maximum absolute atomic E-state index is 12.8. The standard InChI is InChI=1S/C12H15FO/c1-10(13)9-12-6-3-2-5-11(12)7-4-8-14/h2-3,5-6,8,10H,4,7,9H2,1H3. The molecule has 0 amide bonds. The molecule has 0 saturated heterocycles. The van der Waals surface area contributed by atoms with Crippen molar-refractivity contribution in [2.75, 3.05) is 0 Å². The smallest absolute Gasteiger partial charge is 0.120 e. The zero-order valence-corrected chi connectivity index (χ0v) is 8.37. The fourth-order valence-electron chi connectivity index (χ4n) is 1.52. The highest BCUT2D eigenvalue weighted by atomic mass is 19.1. The molecule has 1 nitrogen and oxygen atoms in total. The molecule has 0 bridgehead atoms. The minimum atomic E-state index is -0.826. The van der Waals surface area contributed by atoms with Gasteiger partial charge in [-0.2, -0.15) is 0 Å². The topological polar surface area (TPSA) is 17.1 Å². The first-order valence-corrected chi connectivity index (χ1v) is 4.88. The normalized spacial score (nSPS) is 12.4. The van der Waals surface area contributed by atoms with Gasteiger partial charge in [0, 0.05) is 12.8 Å². The van der Waals surface area contributed by atoms with Crippen LogP contribution in [0, 0.1) is 0 Å². The average Bonchev–Trinajstić information content (AvgIpc) is 2.16. The minimum absolute atomic E-state index is 0.440. The lowest BCUT2D eigenvalue weighted by Gasteiger charge is -2.08. The van der Waals surface area contributed by atoms with E-state index in [9.17, 15) is 9.18 Å². The van der Waals surface area contributed by atoms with E-state index in [1.54, 1.807) is 6.92 Å². The molecule has 0 fully saturated rings. The number of benzene rings is 1. The highest BCUT2D eigenvalue weighted by Crippen LogP contribution is 2.13. The molecule has 0 aliphatic rings. The van der Waals surface area contributed by atoms with Crippen molar-refractivity contribution in [3.05, 3.63) is 35.4 Å². The van der Waals surface area contributed by atoms with E-state index in [1.807, 2.05) is 24.3 Å². The fourth-order valence-corrected chi connectivity index (χ4v) is 1.52. The van der Waals surface area contributed by atoms with Gasteiger partial charge in [0.1, 0.15) is 12.5 Å². The first-order valence-electron chi connectivity index (χ1n) is 4.88. The van der Waals surface area contributed by atoms with E-state index in [4.69, 9.17) is 0 Å². The summed E-state index contributed by atoms with van der Waals surface area (Å²) in [4.78, 5) is 10.2. The van der Waals surface area contributed by atoms with Gasteiger partial charge in [0.15, 0.2) is 0 Å². The second-order valence-corrected chi connectivity index (χ2v) is 3.46. The Labute approximate surface area is 83.9 Å². The van der Waals surface area contributed by atoms with Crippen LogP contribution in [-0.4, -0.2) is 12.5 Å². The third-order valence-electron chi connectivity index (χ3n) is 2.15. The Kier molecular flexibility index (Phi) is 4.30. The summed E-state index contributed by atoms with van der Waals surface area (Å²) < 4.78 is 12.8. The predicted octanol–water partition coefficient (Wildman–Crippen LogP) is 2.72. The van der Waals surface area contributed by atoms with Crippen molar-refractivity contribution < 1.29 is 9.18 Å². The molecule has 0 aliphatic heterocycles. The van der Waals surface area contributed by atoms with E-state index >= 15 is 0 Å². The third-order valence-corrected chi connectivity index (χ3v) is 2.15. The van der Waals surface area contributed by atoms with E-state index in [0.29, 0.717) is 19.3 Å². The Morgan fingerprint density at radius 2 is 2.00 bits per heavy atom. The molecule has 0 aromatic heterocycles. The molecule has 76 valence electrons. The van der Waals surface area contributed by atoms with E-state index < -0.39 is 6.17 Å². The third kappa shape index (κ3) is 3.29. The Balaban J connectivity index is 2.74. The lowest BCUT2D eigenvalue weighted by Crippen LogP contribution is -2.02. The summed E-state index contributed by atoms with van der Waals surface area (Å²) in [5.74, 6) is 0.